The van der Waals surface area contributed by atoms with Gasteiger partial charge < -0.3 is 21.9 Å². The molecule has 120 valence electrons. The van der Waals surface area contributed by atoms with E-state index in [1.165, 1.54) is 0 Å². The first-order valence-electron chi connectivity index (χ1n) is 6.08. The minimum Gasteiger partial charge on any atom is -0.480 e. The normalized spacial score (nSPS) is 10.6. The van der Waals surface area contributed by atoms with E-state index in [2.05, 4.69) is 5.32 Å². The van der Waals surface area contributed by atoms with Crippen LogP contribution >= 0.6 is 37.2 Å². The summed E-state index contributed by atoms with van der Waals surface area (Å²) in [5.41, 5.74) is 10.7. The fourth-order valence-electron chi connectivity index (χ4n) is 1.53. The molecule has 0 saturated heterocycles. The number of nitrogens with one attached hydrogen (secondary N) is 1. The summed E-state index contributed by atoms with van der Waals surface area (Å²) in [6.07, 6.45) is 5.64. The van der Waals surface area contributed by atoms with E-state index in [4.69, 9.17) is 16.6 Å². The monoisotopic (exact) mass is 339 g/mol. The molecule has 0 rings (SSSR count). The predicted octanol–water partition coefficient (Wildman–Crippen LogP) is 1.55. The van der Waals surface area contributed by atoms with Crippen LogP contribution in [0.5, 0.6) is 0 Å². The van der Waals surface area contributed by atoms with E-state index in [0.717, 1.165) is 45.2 Å². The van der Waals surface area contributed by atoms with Crippen LogP contribution in [0.4, 0.5) is 0 Å². The zero-order chi connectivity index (χ0) is 12.2. The van der Waals surface area contributed by atoms with E-state index in [0.29, 0.717) is 13.0 Å². The molecule has 0 aliphatic heterocycles. The highest BCUT2D eigenvalue weighted by Gasteiger charge is 2.14. The Bertz CT molecular complexity index is 189. The highest BCUT2D eigenvalue weighted by molar-refractivity contribution is 5.86. The van der Waals surface area contributed by atoms with Gasteiger partial charge in [0, 0.05) is 0 Å². The van der Waals surface area contributed by atoms with Crippen molar-refractivity contribution in [1.29, 1.82) is 0 Å². The van der Waals surface area contributed by atoms with E-state index >= 15 is 0 Å². The third-order valence-corrected chi connectivity index (χ3v) is 2.52. The van der Waals surface area contributed by atoms with Gasteiger partial charge in [0.2, 0.25) is 0 Å². The average molecular weight is 341 g/mol. The maximum absolute atomic E-state index is 10.9. The van der Waals surface area contributed by atoms with Gasteiger partial charge in [-0.05, 0) is 45.3 Å². The van der Waals surface area contributed by atoms with Crippen molar-refractivity contribution >= 4 is 43.2 Å². The first-order valence-corrected chi connectivity index (χ1v) is 6.08. The molecule has 0 aliphatic carbocycles. The Morgan fingerprint density at radius 2 is 1.47 bits per heavy atom. The lowest BCUT2D eigenvalue weighted by Gasteiger charge is -2.13. The van der Waals surface area contributed by atoms with E-state index in [9.17, 15) is 4.79 Å². The summed E-state index contributed by atoms with van der Waals surface area (Å²) in [6.45, 7) is 2.04. The van der Waals surface area contributed by atoms with E-state index in [1.807, 2.05) is 0 Å². The summed E-state index contributed by atoms with van der Waals surface area (Å²) in [5, 5.41) is 12.0. The van der Waals surface area contributed by atoms with Crippen molar-refractivity contribution < 1.29 is 9.90 Å². The van der Waals surface area contributed by atoms with Gasteiger partial charge in [0.05, 0.1) is 0 Å². The number of carboxylic acid groups (broad SMARTS) is 1. The van der Waals surface area contributed by atoms with Crippen LogP contribution < -0.4 is 16.8 Å². The van der Waals surface area contributed by atoms with Crippen LogP contribution in [0.1, 0.15) is 38.5 Å². The molecule has 1 atom stereocenters. The number of unbranched alkanes of at least 4 members (excludes halogenated alkanes) is 3. The van der Waals surface area contributed by atoms with Crippen molar-refractivity contribution in [2.24, 2.45) is 11.5 Å². The van der Waals surface area contributed by atoms with Crippen molar-refractivity contribution in [1.82, 2.24) is 5.32 Å². The topological polar surface area (TPSA) is 101 Å². The molecule has 0 radical (unpaired) electrons. The Kier molecular flexibility index (Phi) is 29.8. The highest BCUT2D eigenvalue weighted by atomic mass is 35.5. The summed E-state index contributed by atoms with van der Waals surface area (Å²) in [6, 6.07) is -0.446. The zero-order valence-electron chi connectivity index (χ0n) is 11.2. The van der Waals surface area contributed by atoms with Crippen LogP contribution in [0.3, 0.4) is 0 Å². The molecule has 0 fully saturated rings. The maximum Gasteiger partial charge on any atom is 0.320 e. The SMILES string of the molecule is Cl.Cl.Cl.NCCCCCCNC(CCCN)C(=O)O. The van der Waals surface area contributed by atoms with Crippen LogP contribution in [0.2, 0.25) is 0 Å². The van der Waals surface area contributed by atoms with Crippen LogP contribution in [0.25, 0.3) is 0 Å². The van der Waals surface area contributed by atoms with Crippen molar-refractivity contribution in [3.05, 3.63) is 0 Å². The molecule has 0 aromatic heterocycles. The largest absolute Gasteiger partial charge is 0.480 e. The van der Waals surface area contributed by atoms with Crippen LogP contribution in [0.15, 0.2) is 0 Å². The molecular formula is C11H28Cl3N3O2. The first-order chi connectivity index (χ1) is 7.72. The van der Waals surface area contributed by atoms with E-state index in [-0.39, 0.29) is 37.2 Å². The van der Waals surface area contributed by atoms with Gasteiger partial charge in [-0.15, -0.1) is 37.2 Å². The summed E-state index contributed by atoms with van der Waals surface area (Å²) in [4.78, 5) is 10.9. The van der Waals surface area contributed by atoms with Gasteiger partial charge in [-0.2, -0.15) is 0 Å². The fourth-order valence-corrected chi connectivity index (χ4v) is 1.53. The number of carbonyl (C=O) groups is 1. The number of hydrogen-bond donors (Lipinski definition) is 4. The lowest BCUT2D eigenvalue weighted by Crippen LogP contribution is -2.37. The minimum atomic E-state index is -0.782. The number of rotatable bonds is 11. The Morgan fingerprint density at radius 1 is 0.947 bits per heavy atom. The minimum absolute atomic E-state index is 0. The molecule has 8 heteroatoms. The highest BCUT2D eigenvalue weighted by Crippen LogP contribution is 2.00. The number of carboxylic acids is 1. The lowest BCUT2D eigenvalue weighted by atomic mass is 10.1. The smallest absolute Gasteiger partial charge is 0.320 e. The van der Waals surface area contributed by atoms with Gasteiger partial charge in [-0.25, -0.2) is 0 Å². The number of nitrogens with two attached hydrogens (primary N) is 2. The second-order valence-corrected chi connectivity index (χ2v) is 3.98. The Morgan fingerprint density at radius 3 is 1.95 bits per heavy atom. The predicted molar refractivity (Wildman–Crippen MR) is 87.0 cm³/mol. The molecule has 19 heavy (non-hydrogen) atoms. The number of halogens is 3. The zero-order valence-corrected chi connectivity index (χ0v) is 13.6. The Hall–Kier alpha value is 0.220. The van der Waals surface area contributed by atoms with Gasteiger partial charge >= 0.3 is 5.97 Å². The van der Waals surface area contributed by atoms with Crippen molar-refractivity contribution in [2.75, 3.05) is 19.6 Å². The van der Waals surface area contributed by atoms with Gasteiger partial charge in [0.15, 0.2) is 0 Å². The Labute approximate surface area is 134 Å². The summed E-state index contributed by atoms with van der Waals surface area (Å²) >= 11 is 0. The molecule has 0 spiro atoms. The van der Waals surface area contributed by atoms with Crippen molar-refractivity contribution in [3.63, 3.8) is 0 Å². The van der Waals surface area contributed by atoms with Crippen molar-refractivity contribution in [3.8, 4) is 0 Å². The summed E-state index contributed by atoms with van der Waals surface area (Å²) in [5.74, 6) is -0.782. The summed E-state index contributed by atoms with van der Waals surface area (Å²) in [7, 11) is 0. The second kappa shape index (κ2) is 20.5. The van der Waals surface area contributed by atoms with Crippen LogP contribution in [0, 0.1) is 0 Å². The molecule has 1 unspecified atom stereocenters. The third-order valence-electron chi connectivity index (χ3n) is 2.52. The molecule has 0 amide bonds. The molecule has 0 bridgehead atoms. The van der Waals surface area contributed by atoms with Gasteiger partial charge in [-0.1, -0.05) is 12.8 Å². The molecule has 5 nitrogen and oxygen atoms in total. The first kappa shape index (κ1) is 27.5. The van der Waals surface area contributed by atoms with E-state index < -0.39 is 12.0 Å². The third kappa shape index (κ3) is 18.2. The molecule has 0 aliphatic rings. The molecule has 0 aromatic rings. The average Bonchev–Trinajstić information content (AvgIpc) is 2.26. The van der Waals surface area contributed by atoms with Crippen LogP contribution in [-0.2, 0) is 4.79 Å². The standard InChI is InChI=1S/C11H25N3O2.3ClH/c12-7-3-1-2-4-9-14-10(11(15)16)6-5-8-13;;;/h10,14H,1-9,12-13H2,(H,15,16);3*1H. The lowest BCUT2D eigenvalue weighted by molar-refractivity contribution is -0.139. The van der Waals surface area contributed by atoms with Gasteiger partial charge in [0.25, 0.3) is 0 Å². The molecule has 0 heterocycles. The molecule has 0 saturated carbocycles. The molecule has 0 aromatic carbocycles. The van der Waals surface area contributed by atoms with E-state index in [1.54, 1.807) is 0 Å². The maximum atomic E-state index is 10.9. The number of hydrogen-bond acceptors (Lipinski definition) is 4. The number of aliphatic carboxylic acids is 1. The van der Waals surface area contributed by atoms with Gasteiger partial charge in [-0.3, -0.25) is 4.79 Å². The molecular weight excluding hydrogens is 312 g/mol. The summed E-state index contributed by atoms with van der Waals surface area (Å²) < 4.78 is 0. The fraction of sp³-hybridized carbons (Fsp3) is 0.909. The van der Waals surface area contributed by atoms with Crippen molar-refractivity contribution in [2.45, 2.75) is 44.6 Å². The van der Waals surface area contributed by atoms with Gasteiger partial charge in [0.1, 0.15) is 6.04 Å². The Balaban J connectivity index is -0.000000375. The second-order valence-electron chi connectivity index (χ2n) is 3.98. The van der Waals surface area contributed by atoms with Crippen LogP contribution in [-0.4, -0.2) is 36.8 Å². The quantitative estimate of drug-likeness (QED) is 0.427. The molecule has 6 N–H and O–H groups in total.